The lowest BCUT2D eigenvalue weighted by molar-refractivity contribution is -0.154. The molecular formula is C15H17N3O4. The molecule has 0 bridgehead atoms. The summed E-state index contributed by atoms with van der Waals surface area (Å²) in [5.74, 6) is -0.674. The molecule has 0 radical (unpaired) electrons. The smallest absolute Gasteiger partial charge is 0.302 e. The molecule has 3 atom stereocenters. The number of carbonyl (C=O) groups is 2. The van der Waals surface area contributed by atoms with Crippen LogP contribution in [-0.4, -0.2) is 30.0 Å². The summed E-state index contributed by atoms with van der Waals surface area (Å²) in [5, 5.41) is 3.63. The van der Waals surface area contributed by atoms with Crippen LogP contribution < -0.4 is 0 Å². The Morgan fingerprint density at radius 3 is 2.77 bits per heavy atom. The minimum absolute atomic E-state index is 0.0798. The third-order valence-corrected chi connectivity index (χ3v) is 3.41. The predicted octanol–water partition coefficient (Wildman–Crippen LogP) is 2.55. The molecule has 0 aliphatic heterocycles. The second kappa shape index (κ2) is 7.59. The van der Waals surface area contributed by atoms with Crippen LogP contribution in [-0.2, 0) is 25.7 Å². The van der Waals surface area contributed by atoms with Gasteiger partial charge in [-0.25, -0.2) is 0 Å². The van der Waals surface area contributed by atoms with Crippen molar-refractivity contribution in [3.8, 4) is 0 Å². The fourth-order valence-electron chi connectivity index (χ4n) is 2.49. The number of ether oxygens (including phenoxy) is 2. The SMILES string of the molecule is CC(=O)O[C@@H]1CC(=O)[C@@H](OCc2ccccc2)[C@H](N=[N+]=[N-])C1. The van der Waals surface area contributed by atoms with Crippen molar-refractivity contribution in [3.05, 3.63) is 46.3 Å². The first-order chi connectivity index (χ1) is 10.6. The normalized spacial score (nSPS) is 24.4. The highest BCUT2D eigenvalue weighted by molar-refractivity contribution is 5.85. The number of Topliss-reactive ketones (excluding diaryl/α,β-unsaturated/α-hetero) is 1. The molecule has 7 nitrogen and oxygen atoms in total. The third kappa shape index (κ3) is 4.31. The molecule has 1 aromatic rings. The summed E-state index contributed by atoms with van der Waals surface area (Å²) in [6, 6.07) is 8.75. The van der Waals surface area contributed by atoms with Crippen LogP contribution in [0.2, 0.25) is 0 Å². The van der Waals surface area contributed by atoms with Gasteiger partial charge in [0, 0.05) is 18.3 Å². The van der Waals surface area contributed by atoms with Gasteiger partial charge in [-0.15, -0.1) is 0 Å². The highest BCUT2D eigenvalue weighted by Crippen LogP contribution is 2.25. The van der Waals surface area contributed by atoms with E-state index in [0.29, 0.717) is 0 Å². The molecule has 116 valence electrons. The summed E-state index contributed by atoms with van der Waals surface area (Å²) < 4.78 is 10.7. The largest absolute Gasteiger partial charge is 0.462 e. The molecule has 1 aliphatic rings. The molecule has 0 aromatic heterocycles. The number of benzene rings is 1. The van der Waals surface area contributed by atoms with Crippen LogP contribution in [0.15, 0.2) is 35.4 Å². The highest BCUT2D eigenvalue weighted by Gasteiger charge is 2.38. The molecule has 1 aliphatic carbocycles. The maximum Gasteiger partial charge on any atom is 0.302 e. The Kier molecular flexibility index (Phi) is 5.52. The first-order valence-electron chi connectivity index (χ1n) is 7.00. The van der Waals surface area contributed by atoms with Crippen LogP contribution >= 0.6 is 0 Å². The van der Waals surface area contributed by atoms with Gasteiger partial charge < -0.3 is 9.47 Å². The molecule has 2 rings (SSSR count). The molecule has 0 unspecified atom stereocenters. The van der Waals surface area contributed by atoms with Gasteiger partial charge >= 0.3 is 5.97 Å². The van der Waals surface area contributed by atoms with Crippen LogP contribution in [0.25, 0.3) is 10.4 Å². The molecule has 22 heavy (non-hydrogen) atoms. The standard InChI is InChI=1S/C15H17N3O4/c1-10(19)22-12-7-13(17-18-16)15(14(20)8-12)21-9-11-5-3-2-4-6-11/h2-6,12-13,15H,7-9H2,1H3/t12-,13+,15-/m0/s1. The zero-order chi connectivity index (χ0) is 15.9. The maximum atomic E-state index is 12.2. The lowest BCUT2D eigenvalue weighted by atomic mass is 9.89. The van der Waals surface area contributed by atoms with Crippen LogP contribution in [0.1, 0.15) is 25.3 Å². The Morgan fingerprint density at radius 1 is 1.41 bits per heavy atom. The van der Waals surface area contributed by atoms with Crippen LogP contribution in [0, 0.1) is 0 Å². The predicted molar refractivity (Wildman–Crippen MR) is 77.7 cm³/mol. The Hall–Kier alpha value is -2.37. The molecular weight excluding hydrogens is 286 g/mol. The van der Waals surface area contributed by atoms with E-state index < -0.39 is 24.2 Å². The van der Waals surface area contributed by atoms with Gasteiger partial charge in [0.25, 0.3) is 0 Å². The van der Waals surface area contributed by atoms with Crippen molar-refractivity contribution in [2.24, 2.45) is 5.11 Å². The molecule has 0 N–H and O–H groups in total. The number of rotatable bonds is 5. The van der Waals surface area contributed by atoms with Crippen LogP contribution in [0.5, 0.6) is 0 Å². The fourth-order valence-corrected chi connectivity index (χ4v) is 2.49. The molecule has 0 amide bonds. The second-order valence-corrected chi connectivity index (χ2v) is 5.13. The summed E-state index contributed by atoms with van der Waals surface area (Å²) >= 11 is 0. The van der Waals surface area contributed by atoms with Crippen molar-refractivity contribution < 1.29 is 19.1 Å². The number of azide groups is 1. The van der Waals surface area contributed by atoms with Gasteiger partial charge in [0.05, 0.1) is 12.6 Å². The Morgan fingerprint density at radius 2 is 2.14 bits per heavy atom. The minimum atomic E-state index is -0.803. The highest BCUT2D eigenvalue weighted by atomic mass is 16.5. The van der Waals surface area contributed by atoms with E-state index in [-0.39, 0.29) is 25.2 Å². The molecule has 0 heterocycles. The number of hydrogen-bond donors (Lipinski definition) is 0. The van der Waals surface area contributed by atoms with E-state index in [9.17, 15) is 9.59 Å². The van der Waals surface area contributed by atoms with E-state index in [2.05, 4.69) is 10.0 Å². The second-order valence-electron chi connectivity index (χ2n) is 5.13. The fraction of sp³-hybridized carbons (Fsp3) is 0.467. The van der Waals surface area contributed by atoms with Crippen molar-refractivity contribution in [2.75, 3.05) is 0 Å². The minimum Gasteiger partial charge on any atom is -0.462 e. The monoisotopic (exact) mass is 303 g/mol. The van der Waals surface area contributed by atoms with Gasteiger partial charge in [-0.05, 0) is 17.5 Å². The van der Waals surface area contributed by atoms with E-state index in [0.717, 1.165) is 5.56 Å². The number of nitrogens with zero attached hydrogens (tertiary/aromatic N) is 3. The summed E-state index contributed by atoms with van der Waals surface area (Å²) in [6.07, 6.45) is -0.995. The van der Waals surface area contributed by atoms with Crippen molar-refractivity contribution in [1.29, 1.82) is 0 Å². The Bertz CT molecular complexity index is 584. The van der Waals surface area contributed by atoms with Gasteiger partial charge in [0.2, 0.25) is 0 Å². The molecule has 0 saturated heterocycles. The number of carbonyl (C=O) groups excluding carboxylic acids is 2. The zero-order valence-electron chi connectivity index (χ0n) is 12.2. The topological polar surface area (TPSA) is 101 Å². The lowest BCUT2D eigenvalue weighted by Gasteiger charge is -2.31. The summed E-state index contributed by atoms with van der Waals surface area (Å²) in [6.45, 7) is 1.54. The molecule has 1 saturated carbocycles. The van der Waals surface area contributed by atoms with Crippen LogP contribution in [0.4, 0.5) is 0 Å². The van der Waals surface area contributed by atoms with E-state index in [1.807, 2.05) is 30.3 Å². The summed E-state index contributed by atoms with van der Waals surface area (Å²) in [4.78, 5) is 26.0. The first kappa shape index (κ1) is 16.0. The molecule has 0 spiro atoms. The van der Waals surface area contributed by atoms with Crippen molar-refractivity contribution in [2.45, 2.75) is 44.6 Å². The number of ketones is 1. The molecule has 7 heteroatoms. The lowest BCUT2D eigenvalue weighted by Crippen LogP contribution is -2.45. The Balaban J connectivity index is 2.03. The van der Waals surface area contributed by atoms with Crippen molar-refractivity contribution in [3.63, 3.8) is 0 Å². The van der Waals surface area contributed by atoms with Crippen molar-refractivity contribution >= 4 is 11.8 Å². The molecule has 1 aromatic carbocycles. The quantitative estimate of drug-likeness (QED) is 0.361. The van der Waals surface area contributed by atoms with E-state index in [4.69, 9.17) is 15.0 Å². The van der Waals surface area contributed by atoms with Gasteiger partial charge in [0.15, 0.2) is 5.78 Å². The zero-order valence-corrected chi connectivity index (χ0v) is 12.2. The van der Waals surface area contributed by atoms with Crippen LogP contribution in [0.3, 0.4) is 0 Å². The van der Waals surface area contributed by atoms with Gasteiger partial charge in [-0.2, -0.15) is 0 Å². The maximum absolute atomic E-state index is 12.2. The van der Waals surface area contributed by atoms with Gasteiger partial charge in [-0.3, -0.25) is 9.59 Å². The van der Waals surface area contributed by atoms with E-state index in [1.165, 1.54) is 6.92 Å². The molecule has 1 fully saturated rings. The average Bonchev–Trinajstić information content (AvgIpc) is 2.47. The van der Waals surface area contributed by atoms with E-state index in [1.54, 1.807) is 0 Å². The third-order valence-electron chi connectivity index (χ3n) is 3.41. The summed E-state index contributed by atoms with van der Waals surface area (Å²) in [7, 11) is 0. The Labute approximate surface area is 127 Å². The number of hydrogen-bond acceptors (Lipinski definition) is 5. The average molecular weight is 303 g/mol. The van der Waals surface area contributed by atoms with E-state index >= 15 is 0 Å². The van der Waals surface area contributed by atoms with Crippen molar-refractivity contribution in [1.82, 2.24) is 0 Å². The first-order valence-corrected chi connectivity index (χ1v) is 7.00. The summed E-state index contributed by atoms with van der Waals surface area (Å²) in [5.41, 5.74) is 9.59. The number of esters is 1. The van der Waals surface area contributed by atoms with Gasteiger partial charge in [0.1, 0.15) is 12.2 Å². The van der Waals surface area contributed by atoms with Gasteiger partial charge in [-0.1, -0.05) is 35.4 Å².